The number of hydrogen-bond acceptors (Lipinski definition) is 8. The van der Waals surface area contributed by atoms with Gasteiger partial charge in [0.25, 0.3) is 11.8 Å². The molecule has 44 heavy (non-hydrogen) atoms. The number of carbonyl (C=O) groups excluding carboxylic acids is 3. The van der Waals surface area contributed by atoms with Crippen LogP contribution in [0.3, 0.4) is 0 Å². The van der Waals surface area contributed by atoms with E-state index in [1.807, 2.05) is 66.9 Å². The topological polar surface area (TPSA) is 116 Å². The molecule has 3 unspecified atom stereocenters. The Hall–Kier alpha value is -4.09. The van der Waals surface area contributed by atoms with Crippen LogP contribution in [0.2, 0.25) is 0 Å². The van der Waals surface area contributed by atoms with Gasteiger partial charge in [-0.1, -0.05) is 12.8 Å². The molecule has 1 saturated carbocycles. The van der Waals surface area contributed by atoms with Gasteiger partial charge in [-0.25, -0.2) is 9.78 Å². The van der Waals surface area contributed by atoms with Crippen molar-refractivity contribution in [2.24, 2.45) is 0 Å². The number of nitrogens with one attached hydrogen (secondary N) is 1. The van der Waals surface area contributed by atoms with Crippen molar-refractivity contribution >= 4 is 34.9 Å². The van der Waals surface area contributed by atoms with Crippen LogP contribution in [0.5, 0.6) is 0 Å². The second kappa shape index (κ2) is 11.4. The molecule has 2 bridgehead atoms. The lowest BCUT2D eigenvalue weighted by molar-refractivity contribution is -0.130. The van der Waals surface area contributed by atoms with Gasteiger partial charge in [0.05, 0.1) is 17.7 Å². The van der Waals surface area contributed by atoms with Gasteiger partial charge in [0.15, 0.2) is 0 Å². The van der Waals surface area contributed by atoms with E-state index in [1.54, 1.807) is 25.2 Å². The Morgan fingerprint density at radius 2 is 1.70 bits per heavy atom. The summed E-state index contributed by atoms with van der Waals surface area (Å²) >= 11 is 0. The molecule has 6 rings (SSSR count). The molecule has 3 atom stereocenters. The van der Waals surface area contributed by atoms with Gasteiger partial charge in [-0.3, -0.25) is 14.5 Å². The summed E-state index contributed by atoms with van der Waals surface area (Å²) in [5, 5.41) is 4.22. The minimum Gasteiger partial charge on any atom is -0.444 e. The molecule has 2 saturated heterocycles. The molecule has 12 nitrogen and oxygen atoms in total. The van der Waals surface area contributed by atoms with Crippen molar-refractivity contribution in [2.75, 3.05) is 39.5 Å². The number of aromatic nitrogens is 3. The van der Waals surface area contributed by atoms with E-state index in [1.165, 1.54) is 0 Å². The van der Waals surface area contributed by atoms with Gasteiger partial charge in [-0.15, -0.1) is 0 Å². The van der Waals surface area contributed by atoms with Gasteiger partial charge >= 0.3 is 6.09 Å². The van der Waals surface area contributed by atoms with Gasteiger partial charge in [0, 0.05) is 58.1 Å². The first-order chi connectivity index (χ1) is 20.9. The number of piperazine rings is 1. The first-order valence-electron chi connectivity index (χ1n) is 15.7. The predicted octanol–water partition coefficient (Wildman–Crippen LogP) is 3.98. The summed E-state index contributed by atoms with van der Waals surface area (Å²) < 4.78 is 7.74. The van der Waals surface area contributed by atoms with Crippen molar-refractivity contribution in [3.05, 3.63) is 41.9 Å². The fraction of sp³-hybridized carbons (Fsp3) is 0.594. The average molecular weight is 605 g/mol. The van der Waals surface area contributed by atoms with Gasteiger partial charge < -0.3 is 29.3 Å². The SMILES string of the molecule is CN(C)C(=O)c1cc2cnc(NC3C=CC(C(=O)N4CC5CCC(C4)N5C(=O)OC(C)(C)C)=CN3C)nc2n1C1CCCC1. The molecule has 5 heterocycles. The quantitative estimate of drug-likeness (QED) is 0.545. The van der Waals surface area contributed by atoms with Gasteiger partial charge in [-0.2, -0.15) is 4.98 Å². The number of nitrogens with zero attached hydrogens (tertiary/aromatic N) is 7. The van der Waals surface area contributed by atoms with Crippen molar-refractivity contribution < 1.29 is 19.1 Å². The van der Waals surface area contributed by atoms with E-state index >= 15 is 0 Å². The smallest absolute Gasteiger partial charge is 0.410 e. The minimum absolute atomic E-state index is 0.0309. The van der Waals surface area contributed by atoms with Crippen molar-refractivity contribution in [2.45, 2.75) is 89.2 Å². The molecule has 236 valence electrons. The molecule has 1 aliphatic carbocycles. The molecule has 0 radical (unpaired) electrons. The van der Waals surface area contributed by atoms with Crippen LogP contribution < -0.4 is 5.32 Å². The largest absolute Gasteiger partial charge is 0.444 e. The Morgan fingerprint density at radius 1 is 1.02 bits per heavy atom. The first-order valence-corrected chi connectivity index (χ1v) is 15.7. The zero-order valence-electron chi connectivity index (χ0n) is 26.6. The Balaban J connectivity index is 1.14. The van der Waals surface area contributed by atoms with E-state index in [-0.39, 0.29) is 42.2 Å². The van der Waals surface area contributed by atoms with Crippen LogP contribution in [0.25, 0.3) is 11.0 Å². The number of rotatable bonds is 5. The zero-order valence-corrected chi connectivity index (χ0v) is 26.6. The van der Waals surface area contributed by atoms with Crippen LogP contribution in [0.4, 0.5) is 10.7 Å². The first kappa shape index (κ1) is 30.0. The number of carbonyl (C=O) groups is 3. The molecule has 3 aliphatic heterocycles. The summed E-state index contributed by atoms with van der Waals surface area (Å²) in [6.45, 7) is 6.61. The monoisotopic (exact) mass is 604 g/mol. The molecular weight excluding hydrogens is 560 g/mol. The van der Waals surface area contributed by atoms with E-state index in [4.69, 9.17) is 9.72 Å². The van der Waals surface area contributed by atoms with Crippen LogP contribution in [0.15, 0.2) is 36.2 Å². The highest BCUT2D eigenvalue weighted by atomic mass is 16.6. The number of fused-ring (bicyclic) bond motifs is 3. The van der Waals surface area contributed by atoms with Crippen molar-refractivity contribution in [1.82, 2.24) is 34.1 Å². The van der Waals surface area contributed by atoms with Gasteiger partial charge in [-0.05, 0) is 64.7 Å². The third kappa shape index (κ3) is 5.73. The van der Waals surface area contributed by atoms with Crippen molar-refractivity contribution in [3.8, 4) is 0 Å². The normalized spacial score (nSPS) is 23.7. The summed E-state index contributed by atoms with van der Waals surface area (Å²) in [5.74, 6) is 0.372. The van der Waals surface area contributed by atoms with Gasteiger partial charge in [0.1, 0.15) is 23.1 Å². The maximum Gasteiger partial charge on any atom is 0.410 e. The number of ether oxygens (including phenoxy) is 1. The molecular formula is C32H44N8O4. The maximum absolute atomic E-state index is 13.6. The molecule has 3 fully saturated rings. The third-order valence-corrected chi connectivity index (χ3v) is 9.03. The fourth-order valence-corrected chi connectivity index (χ4v) is 6.95. The summed E-state index contributed by atoms with van der Waals surface area (Å²) in [6, 6.07) is 2.07. The summed E-state index contributed by atoms with van der Waals surface area (Å²) in [4.78, 5) is 56.1. The number of likely N-dealkylation sites (tertiary alicyclic amines) is 1. The molecule has 2 aromatic rings. The number of amides is 3. The predicted molar refractivity (Wildman–Crippen MR) is 167 cm³/mol. The summed E-state index contributed by atoms with van der Waals surface area (Å²) in [6.07, 6.45) is 12.9. The molecule has 0 aromatic carbocycles. The van der Waals surface area contributed by atoms with E-state index in [0.717, 1.165) is 49.6 Å². The lowest BCUT2D eigenvalue weighted by Crippen LogP contribution is -2.58. The van der Waals surface area contributed by atoms with Crippen LogP contribution in [0.1, 0.15) is 75.8 Å². The molecule has 3 amide bonds. The van der Waals surface area contributed by atoms with Crippen LogP contribution >= 0.6 is 0 Å². The molecule has 2 aromatic heterocycles. The molecule has 12 heteroatoms. The number of likely N-dealkylation sites (N-methyl/N-ethyl adjacent to an activating group) is 1. The Kier molecular flexibility index (Phi) is 7.79. The summed E-state index contributed by atoms with van der Waals surface area (Å²) in [5.41, 5.74) is 1.44. The standard InChI is InChI=1S/C32H44N8O4/c1-32(2,3)44-31(43)39-23-12-13-24(39)19-38(18-23)28(41)20-11-14-26(37(6)17-20)34-30-33-16-21-15-25(29(42)36(4)5)40(27(21)35-30)22-9-7-8-10-22/h11,14-17,22-24,26H,7-10,12-13,18-19H2,1-6H3,(H,33,34,35). The maximum atomic E-state index is 13.6. The van der Waals surface area contributed by atoms with Crippen molar-refractivity contribution in [3.63, 3.8) is 0 Å². The van der Waals surface area contributed by atoms with Crippen LogP contribution in [0, 0.1) is 0 Å². The second-order valence-electron chi connectivity index (χ2n) is 13.7. The average Bonchev–Trinajstić information content (AvgIpc) is 3.68. The lowest BCUT2D eigenvalue weighted by Gasteiger charge is -2.41. The molecule has 4 aliphatic rings. The van der Waals surface area contributed by atoms with E-state index in [2.05, 4.69) is 14.9 Å². The van der Waals surface area contributed by atoms with E-state index < -0.39 is 5.60 Å². The molecule has 1 N–H and O–H groups in total. The molecule has 0 spiro atoms. The van der Waals surface area contributed by atoms with Gasteiger partial charge in [0.2, 0.25) is 5.95 Å². The van der Waals surface area contributed by atoms with E-state index in [9.17, 15) is 14.4 Å². The summed E-state index contributed by atoms with van der Waals surface area (Å²) in [7, 11) is 5.44. The second-order valence-corrected chi connectivity index (χ2v) is 13.7. The fourth-order valence-electron chi connectivity index (χ4n) is 6.95. The Labute approximate surface area is 258 Å². The van der Waals surface area contributed by atoms with Crippen LogP contribution in [-0.2, 0) is 9.53 Å². The lowest BCUT2D eigenvalue weighted by atomic mass is 10.1. The zero-order chi connectivity index (χ0) is 31.3. The Morgan fingerprint density at radius 3 is 2.32 bits per heavy atom. The number of hydrogen-bond donors (Lipinski definition) is 1. The third-order valence-electron chi connectivity index (χ3n) is 9.03. The highest BCUT2D eigenvalue weighted by Gasteiger charge is 2.45. The van der Waals surface area contributed by atoms with Crippen LogP contribution in [-0.4, -0.2) is 110 Å². The van der Waals surface area contributed by atoms with E-state index in [0.29, 0.717) is 30.3 Å². The van der Waals surface area contributed by atoms with Crippen molar-refractivity contribution in [1.29, 1.82) is 0 Å². The highest BCUT2D eigenvalue weighted by Crippen LogP contribution is 2.35. The number of anilines is 1. The minimum atomic E-state index is -0.554. The Bertz CT molecular complexity index is 1500. The highest BCUT2D eigenvalue weighted by molar-refractivity contribution is 5.98.